The van der Waals surface area contributed by atoms with Crippen LogP contribution in [0.25, 0.3) is 10.9 Å². The van der Waals surface area contributed by atoms with Crippen molar-refractivity contribution in [2.45, 2.75) is 24.7 Å². The second kappa shape index (κ2) is 8.02. The molecule has 3 aliphatic rings. The van der Waals surface area contributed by atoms with Crippen LogP contribution in [0.2, 0.25) is 0 Å². The number of rotatable bonds is 7. The molecular formula is C27H27N3O4. The fourth-order valence-electron chi connectivity index (χ4n) is 5.81. The fourth-order valence-corrected chi connectivity index (χ4v) is 5.81. The third kappa shape index (κ3) is 3.22. The molecule has 4 atom stereocenters. The second-order valence-corrected chi connectivity index (χ2v) is 9.30. The van der Waals surface area contributed by atoms with Gasteiger partial charge < -0.3 is 24.7 Å². The molecule has 2 bridgehead atoms. The molecule has 34 heavy (non-hydrogen) atoms. The number of aromatic amines is 1. The van der Waals surface area contributed by atoms with E-state index in [-0.39, 0.29) is 17.9 Å². The molecule has 1 spiro atoms. The lowest BCUT2D eigenvalue weighted by molar-refractivity contribution is -0.137. The van der Waals surface area contributed by atoms with Gasteiger partial charge in [-0.15, -0.1) is 0 Å². The van der Waals surface area contributed by atoms with Crippen LogP contribution in [0, 0.1) is 11.8 Å². The van der Waals surface area contributed by atoms with Gasteiger partial charge in [0.25, 0.3) is 0 Å². The number of methoxy groups -OCH3 is 1. The predicted octanol–water partition coefficient (Wildman–Crippen LogP) is 2.82. The van der Waals surface area contributed by atoms with Gasteiger partial charge in [-0.1, -0.05) is 48.6 Å². The largest absolute Gasteiger partial charge is 0.496 e. The Hall–Kier alpha value is -3.58. The second-order valence-electron chi connectivity index (χ2n) is 9.30. The Kier molecular flexibility index (Phi) is 4.95. The molecule has 2 amide bonds. The van der Waals surface area contributed by atoms with Crippen LogP contribution < -0.4 is 10.1 Å². The molecular weight excluding hydrogens is 430 g/mol. The average molecular weight is 458 g/mol. The molecule has 1 aromatic heterocycles. The molecule has 0 aliphatic carbocycles. The molecule has 4 heterocycles. The van der Waals surface area contributed by atoms with E-state index in [4.69, 9.17) is 9.47 Å². The maximum absolute atomic E-state index is 13.5. The molecule has 2 aromatic carbocycles. The minimum atomic E-state index is -0.700. The third-order valence-electron chi connectivity index (χ3n) is 7.45. The van der Waals surface area contributed by atoms with Crippen molar-refractivity contribution in [1.82, 2.24) is 15.2 Å². The van der Waals surface area contributed by atoms with E-state index in [1.54, 1.807) is 7.11 Å². The number of aromatic nitrogens is 1. The van der Waals surface area contributed by atoms with Gasteiger partial charge in [-0.05, 0) is 24.1 Å². The number of benzene rings is 2. The summed E-state index contributed by atoms with van der Waals surface area (Å²) < 4.78 is 11.6. The van der Waals surface area contributed by atoms with Gasteiger partial charge in [-0.25, -0.2) is 0 Å². The fraction of sp³-hybridized carbons (Fsp3) is 0.333. The van der Waals surface area contributed by atoms with E-state index in [2.05, 4.69) is 22.4 Å². The van der Waals surface area contributed by atoms with Crippen LogP contribution in [0.15, 0.2) is 66.9 Å². The molecule has 3 aromatic rings. The number of hydrogen-bond donors (Lipinski definition) is 2. The zero-order chi connectivity index (χ0) is 23.3. The SMILES string of the molecule is COc1ccccc1CNC(=O)C1C2C(=O)N(CCc3c[nH]c4ccccc34)CC23C=C[C@@H]1O3. The smallest absolute Gasteiger partial charge is 0.230 e. The summed E-state index contributed by atoms with van der Waals surface area (Å²) in [6, 6.07) is 15.8. The lowest BCUT2D eigenvalue weighted by Crippen LogP contribution is -2.44. The summed E-state index contributed by atoms with van der Waals surface area (Å²) in [6.45, 7) is 1.42. The van der Waals surface area contributed by atoms with Gasteiger partial charge in [0, 0.05) is 35.8 Å². The van der Waals surface area contributed by atoms with Crippen LogP contribution in [0.5, 0.6) is 5.75 Å². The van der Waals surface area contributed by atoms with E-state index in [1.165, 1.54) is 10.9 Å². The highest BCUT2D eigenvalue weighted by molar-refractivity contribution is 5.93. The summed E-state index contributed by atoms with van der Waals surface area (Å²) in [7, 11) is 1.61. The number of para-hydroxylation sites is 2. The normalized spacial score (nSPS) is 26.9. The van der Waals surface area contributed by atoms with E-state index in [0.29, 0.717) is 19.6 Å². The number of carbonyl (C=O) groups is 2. The van der Waals surface area contributed by atoms with Crippen LogP contribution in [0.1, 0.15) is 11.1 Å². The van der Waals surface area contributed by atoms with Gasteiger partial charge >= 0.3 is 0 Å². The highest BCUT2D eigenvalue weighted by Gasteiger charge is 2.66. The first-order valence-electron chi connectivity index (χ1n) is 11.7. The van der Waals surface area contributed by atoms with E-state index in [9.17, 15) is 9.59 Å². The number of fused-ring (bicyclic) bond motifs is 2. The molecule has 3 unspecified atom stereocenters. The van der Waals surface area contributed by atoms with Crippen molar-refractivity contribution in [2.75, 3.05) is 20.2 Å². The van der Waals surface area contributed by atoms with Gasteiger partial charge in [0.05, 0.1) is 31.6 Å². The monoisotopic (exact) mass is 457 g/mol. The minimum Gasteiger partial charge on any atom is -0.496 e. The van der Waals surface area contributed by atoms with Crippen LogP contribution in [0.3, 0.4) is 0 Å². The number of hydrogen-bond acceptors (Lipinski definition) is 4. The maximum Gasteiger partial charge on any atom is 0.230 e. The summed E-state index contributed by atoms with van der Waals surface area (Å²) in [5, 5.41) is 4.19. The molecule has 2 N–H and O–H groups in total. The quantitative estimate of drug-likeness (QED) is 0.535. The number of ether oxygens (including phenoxy) is 2. The summed E-state index contributed by atoms with van der Waals surface area (Å²) in [5.41, 5.74) is 2.47. The number of H-pyrrole nitrogens is 1. The molecule has 0 radical (unpaired) electrons. The zero-order valence-electron chi connectivity index (χ0n) is 19.0. The van der Waals surface area contributed by atoms with Crippen molar-refractivity contribution in [2.24, 2.45) is 11.8 Å². The highest BCUT2D eigenvalue weighted by atomic mass is 16.5. The Balaban J connectivity index is 1.16. The van der Waals surface area contributed by atoms with Gasteiger partial charge in [0.15, 0.2) is 0 Å². The third-order valence-corrected chi connectivity index (χ3v) is 7.45. The molecule has 7 nitrogen and oxygen atoms in total. The lowest BCUT2D eigenvalue weighted by atomic mass is 9.77. The average Bonchev–Trinajstić information content (AvgIpc) is 3.61. The number of nitrogens with one attached hydrogen (secondary N) is 2. The Labute approximate surface area is 197 Å². The number of nitrogens with zero attached hydrogens (tertiary/aromatic N) is 1. The number of carbonyl (C=O) groups excluding carboxylic acids is 2. The minimum absolute atomic E-state index is 0.00383. The van der Waals surface area contributed by atoms with Gasteiger partial charge in [0.1, 0.15) is 11.4 Å². The first kappa shape index (κ1) is 21.0. The molecule has 174 valence electrons. The summed E-state index contributed by atoms with van der Waals surface area (Å²) in [5.74, 6) is -0.430. The summed E-state index contributed by atoms with van der Waals surface area (Å²) in [6.07, 6.45) is 6.34. The van der Waals surface area contributed by atoms with Crippen LogP contribution in [-0.2, 0) is 27.3 Å². The first-order chi connectivity index (χ1) is 16.6. The predicted molar refractivity (Wildman–Crippen MR) is 127 cm³/mol. The molecule has 0 saturated carbocycles. The van der Waals surface area contributed by atoms with Gasteiger partial charge in [-0.2, -0.15) is 0 Å². The van der Waals surface area contributed by atoms with Crippen LogP contribution >= 0.6 is 0 Å². The molecule has 3 aliphatic heterocycles. The maximum atomic E-state index is 13.5. The summed E-state index contributed by atoms with van der Waals surface area (Å²) >= 11 is 0. The number of amides is 2. The standard InChI is InChI=1S/C27H27N3O4/c1-33-21-9-5-2-6-18(21)15-29-25(31)23-22-10-12-27(34-22)16-30(26(32)24(23)27)13-11-17-14-28-20-8-4-3-7-19(17)20/h2-10,12,14,22-24,28H,11,13,15-16H2,1H3,(H,29,31)/t22-,23?,24?,27?/m0/s1. The van der Waals surface area contributed by atoms with E-state index in [0.717, 1.165) is 23.3 Å². The molecule has 7 heteroatoms. The van der Waals surface area contributed by atoms with Crippen molar-refractivity contribution in [3.63, 3.8) is 0 Å². The van der Waals surface area contributed by atoms with E-state index < -0.39 is 17.4 Å². The van der Waals surface area contributed by atoms with Crippen LogP contribution in [-0.4, -0.2) is 53.6 Å². The highest BCUT2D eigenvalue weighted by Crippen LogP contribution is 2.51. The van der Waals surface area contributed by atoms with Crippen molar-refractivity contribution >= 4 is 22.7 Å². The van der Waals surface area contributed by atoms with Crippen molar-refractivity contribution < 1.29 is 19.1 Å². The Morgan fingerprint density at radius 1 is 1.21 bits per heavy atom. The summed E-state index contributed by atoms with van der Waals surface area (Å²) in [4.78, 5) is 31.9. The van der Waals surface area contributed by atoms with Crippen molar-refractivity contribution in [3.8, 4) is 5.75 Å². The van der Waals surface area contributed by atoms with Crippen molar-refractivity contribution in [1.29, 1.82) is 0 Å². The van der Waals surface area contributed by atoms with Crippen molar-refractivity contribution in [3.05, 3.63) is 78.0 Å². The van der Waals surface area contributed by atoms with Crippen LogP contribution in [0.4, 0.5) is 0 Å². The lowest BCUT2D eigenvalue weighted by Gasteiger charge is -2.23. The first-order valence-corrected chi connectivity index (χ1v) is 11.7. The van der Waals surface area contributed by atoms with E-state index >= 15 is 0 Å². The van der Waals surface area contributed by atoms with E-state index in [1.807, 2.05) is 59.6 Å². The Bertz CT molecular complexity index is 1300. The van der Waals surface area contributed by atoms with Gasteiger partial charge in [-0.3, -0.25) is 9.59 Å². The zero-order valence-corrected chi connectivity index (χ0v) is 19.0. The Morgan fingerprint density at radius 2 is 2.03 bits per heavy atom. The molecule has 2 saturated heterocycles. The molecule has 6 rings (SSSR count). The Morgan fingerprint density at radius 3 is 2.91 bits per heavy atom. The number of likely N-dealkylation sites (tertiary alicyclic amines) is 1. The topological polar surface area (TPSA) is 83.7 Å². The molecule has 2 fully saturated rings. The van der Waals surface area contributed by atoms with Gasteiger partial charge in [0.2, 0.25) is 11.8 Å².